The molecule has 4 rings (SSSR count). The predicted molar refractivity (Wildman–Crippen MR) is 137 cm³/mol. The van der Waals surface area contributed by atoms with E-state index >= 15 is 0 Å². The number of halogens is 1. The second-order valence-corrected chi connectivity index (χ2v) is 9.48. The summed E-state index contributed by atoms with van der Waals surface area (Å²) in [5.74, 6) is -0.0521. The van der Waals surface area contributed by atoms with E-state index in [2.05, 4.69) is 21.2 Å². The molecule has 3 aromatic rings. The fraction of sp³-hybridized carbons (Fsp3) is 0.115. The molecule has 6 nitrogen and oxygen atoms in total. The lowest BCUT2D eigenvalue weighted by Gasteiger charge is -2.13. The van der Waals surface area contributed by atoms with Gasteiger partial charge in [-0.2, -0.15) is 0 Å². The average Bonchev–Trinajstić information content (AvgIpc) is 3.09. The van der Waals surface area contributed by atoms with Crippen molar-refractivity contribution in [3.8, 4) is 5.75 Å². The highest BCUT2D eigenvalue weighted by molar-refractivity contribution is 9.10. The van der Waals surface area contributed by atoms with E-state index in [-0.39, 0.29) is 30.2 Å². The normalized spacial score (nSPS) is 14.5. The van der Waals surface area contributed by atoms with E-state index in [1.807, 2.05) is 55.5 Å². The van der Waals surface area contributed by atoms with Crippen LogP contribution in [-0.4, -0.2) is 28.6 Å². The molecular weight excluding hydrogens is 516 g/mol. The van der Waals surface area contributed by atoms with Crippen molar-refractivity contribution < 1.29 is 19.1 Å². The molecule has 0 bridgehead atoms. The Labute approximate surface area is 210 Å². The van der Waals surface area contributed by atoms with Crippen LogP contribution in [0.3, 0.4) is 0 Å². The minimum atomic E-state index is -0.321. The maximum Gasteiger partial charge on any atom is 0.293 e. The van der Waals surface area contributed by atoms with E-state index < -0.39 is 0 Å². The lowest BCUT2D eigenvalue weighted by Crippen LogP contribution is -2.27. The highest BCUT2D eigenvalue weighted by Crippen LogP contribution is 2.34. The Hall–Kier alpha value is -3.36. The van der Waals surface area contributed by atoms with Gasteiger partial charge in [0.25, 0.3) is 17.1 Å². The minimum absolute atomic E-state index is 0.124. The lowest BCUT2D eigenvalue weighted by atomic mass is 10.2. The van der Waals surface area contributed by atoms with Gasteiger partial charge in [0.15, 0.2) is 6.61 Å². The van der Waals surface area contributed by atoms with Crippen molar-refractivity contribution in [2.75, 3.05) is 11.9 Å². The van der Waals surface area contributed by atoms with Crippen LogP contribution < -0.4 is 10.1 Å². The summed E-state index contributed by atoms with van der Waals surface area (Å²) < 4.78 is 6.40. The number of amides is 3. The molecule has 1 aliphatic heterocycles. The van der Waals surface area contributed by atoms with Crippen LogP contribution in [-0.2, 0) is 16.1 Å². The van der Waals surface area contributed by atoms with Crippen LogP contribution in [0.2, 0.25) is 0 Å². The topological polar surface area (TPSA) is 75.7 Å². The smallest absolute Gasteiger partial charge is 0.293 e. The molecule has 0 spiro atoms. The monoisotopic (exact) mass is 536 g/mol. The van der Waals surface area contributed by atoms with Gasteiger partial charge in [-0.1, -0.05) is 64.0 Å². The van der Waals surface area contributed by atoms with Crippen LogP contribution >= 0.6 is 27.7 Å². The first-order valence-corrected chi connectivity index (χ1v) is 12.1. The Bertz CT molecular complexity index is 1260. The summed E-state index contributed by atoms with van der Waals surface area (Å²) >= 11 is 4.37. The van der Waals surface area contributed by atoms with E-state index in [0.717, 1.165) is 32.9 Å². The number of nitrogens with one attached hydrogen (secondary N) is 1. The van der Waals surface area contributed by atoms with Crippen LogP contribution in [0.5, 0.6) is 5.75 Å². The first-order valence-electron chi connectivity index (χ1n) is 10.5. The van der Waals surface area contributed by atoms with Crippen LogP contribution in [0.4, 0.5) is 10.5 Å². The number of carbonyl (C=O) groups excluding carboxylic acids is 3. The Morgan fingerprint density at radius 1 is 1.03 bits per heavy atom. The minimum Gasteiger partial charge on any atom is -0.484 e. The van der Waals surface area contributed by atoms with Crippen molar-refractivity contribution in [3.63, 3.8) is 0 Å². The van der Waals surface area contributed by atoms with Crippen molar-refractivity contribution >= 4 is 56.5 Å². The van der Waals surface area contributed by atoms with Gasteiger partial charge in [-0.25, -0.2) is 0 Å². The maximum atomic E-state index is 12.8. The van der Waals surface area contributed by atoms with Gasteiger partial charge in [-0.15, -0.1) is 0 Å². The molecule has 1 N–H and O–H groups in total. The first kappa shape index (κ1) is 23.8. The number of imide groups is 1. The van der Waals surface area contributed by atoms with Gasteiger partial charge in [0.2, 0.25) is 0 Å². The number of carbonyl (C=O) groups is 3. The molecule has 0 unspecified atom stereocenters. The molecule has 1 saturated heterocycles. The number of rotatable bonds is 7. The number of anilines is 1. The standard InChI is InChI=1S/C26H21BrN2O4S/c1-17-6-10-20(11-7-17)28-24(30)16-33-21-12-8-18(9-13-21)14-23-25(31)29(26(32)34-23)15-19-4-2-3-5-22(19)27/h2-14H,15-16H2,1H3,(H,28,30)/b23-14-. The van der Waals surface area contributed by atoms with E-state index in [9.17, 15) is 14.4 Å². The van der Waals surface area contributed by atoms with Crippen molar-refractivity contribution in [2.45, 2.75) is 13.5 Å². The number of nitrogens with zero attached hydrogens (tertiary/aromatic N) is 1. The number of hydrogen-bond donors (Lipinski definition) is 1. The molecule has 0 aliphatic carbocycles. The SMILES string of the molecule is Cc1ccc(NC(=O)COc2ccc(/C=C3\SC(=O)N(Cc4ccccc4Br)C3=O)cc2)cc1. The van der Waals surface area contributed by atoms with Gasteiger partial charge in [-0.05, 0) is 66.2 Å². The van der Waals surface area contributed by atoms with Crippen molar-refractivity contribution in [2.24, 2.45) is 0 Å². The molecule has 172 valence electrons. The van der Waals surface area contributed by atoms with Crippen LogP contribution in [0.25, 0.3) is 6.08 Å². The van der Waals surface area contributed by atoms with Crippen LogP contribution in [0, 0.1) is 6.92 Å². The molecule has 3 aromatic carbocycles. The first-order chi connectivity index (χ1) is 16.4. The Morgan fingerprint density at radius 2 is 1.74 bits per heavy atom. The quantitative estimate of drug-likeness (QED) is 0.374. The molecule has 8 heteroatoms. The average molecular weight is 537 g/mol. The number of thioether (sulfide) groups is 1. The Balaban J connectivity index is 1.34. The molecular formula is C26H21BrN2O4S. The zero-order valence-corrected chi connectivity index (χ0v) is 20.7. The molecule has 0 radical (unpaired) electrons. The van der Waals surface area contributed by atoms with Gasteiger partial charge >= 0.3 is 0 Å². The van der Waals surface area contributed by atoms with Gasteiger partial charge < -0.3 is 10.1 Å². The molecule has 34 heavy (non-hydrogen) atoms. The molecule has 1 heterocycles. The Morgan fingerprint density at radius 3 is 2.44 bits per heavy atom. The second kappa shape index (κ2) is 10.7. The van der Waals surface area contributed by atoms with Crippen LogP contribution in [0.1, 0.15) is 16.7 Å². The number of ether oxygens (including phenoxy) is 1. The molecule has 0 aromatic heterocycles. The third kappa shape index (κ3) is 5.95. The summed E-state index contributed by atoms with van der Waals surface area (Å²) in [5.41, 5.74) is 3.44. The van der Waals surface area contributed by atoms with Crippen LogP contribution in [0.15, 0.2) is 82.2 Å². The summed E-state index contributed by atoms with van der Waals surface area (Å²) in [5, 5.41) is 2.48. The van der Waals surface area contributed by atoms with E-state index in [4.69, 9.17) is 4.74 Å². The zero-order chi connectivity index (χ0) is 24.1. The summed E-state index contributed by atoms with van der Waals surface area (Å²) in [4.78, 5) is 38.9. The van der Waals surface area contributed by atoms with Crippen molar-refractivity contribution in [1.29, 1.82) is 0 Å². The van der Waals surface area contributed by atoms with Gasteiger partial charge in [0, 0.05) is 10.2 Å². The largest absolute Gasteiger partial charge is 0.484 e. The number of benzene rings is 3. The molecule has 0 saturated carbocycles. The van der Waals surface area contributed by atoms with E-state index in [1.54, 1.807) is 30.3 Å². The molecule has 3 amide bonds. The Kier molecular flexibility index (Phi) is 7.49. The number of hydrogen-bond acceptors (Lipinski definition) is 5. The zero-order valence-electron chi connectivity index (χ0n) is 18.3. The van der Waals surface area contributed by atoms with Crippen molar-refractivity contribution in [1.82, 2.24) is 4.90 Å². The van der Waals surface area contributed by atoms with E-state index in [1.165, 1.54) is 4.90 Å². The highest BCUT2D eigenvalue weighted by Gasteiger charge is 2.35. The molecule has 1 aliphatic rings. The second-order valence-electron chi connectivity index (χ2n) is 7.63. The number of aryl methyl sites for hydroxylation is 1. The third-order valence-electron chi connectivity index (χ3n) is 5.04. The molecule has 1 fully saturated rings. The third-order valence-corrected chi connectivity index (χ3v) is 6.72. The predicted octanol–water partition coefficient (Wildman–Crippen LogP) is 6.01. The van der Waals surface area contributed by atoms with E-state index in [0.29, 0.717) is 16.3 Å². The summed E-state index contributed by atoms with van der Waals surface area (Å²) in [7, 11) is 0. The van der Waals surface area contributed by atoms with Gasteiger partial charge in [0.1, 0.15) is 5.75 Å². The summed E-state index contributed by atoms with van der Waals surface area (Å²) in [6, 6.07) is 22.0. The summed E-state index contributed by atoms with van der Waals surface area (Å²) in [6.45, 7) is 2.06. The fourth-order valence-electron chi connectivity index (χ4n) is 3.23. The highest BCUT2D eigenvalue weighted by atomic mass is 79.9. The fourth-order valence-corrected chi connectivity index (χ4v) is 4.48. The maximum absolute atomic E-state index is 12.8. The molecule has 0 atom stereocenters. The lowest BCUT2D eigenvalue weighted by molar-refractivity contribution is -0.123. The van der Waals surface area contributed by atoms with Gasteiger partial charge in [0.05, 0.1) is 11.4 Å². The van der Waals surface area contributed by atoms with Crippen molar-refractivity contribution in [3.05, 3.63) is 98.9 Å². The summed E-state index contributed by atoms with van der Waals surface area (Å²) in [6.07, 6.45) is 1.68. The van der Waals surface area contributed by atoms with Gasteiger partial charge in [-0.3, -0.25) is 19.3 Å².